The van der Waals surface area contributed by atoms with Crippen molar-refractivity contribution in [2.24, 2.45) is 0 Å². The van der Waals surface area contributed by atoms with Gasteiger partial charge in [0.05, 0.1) is 6.42 Å². The molecule has 0 aliphatic carbocycles. The van der Waals surface area contributed by atoms with Gasteiger partial charge in [0, 0.05) is 20.8 Å². The highest BCUT2D eigenvalue weighted by atomic mass is 16.7. The van der Waals surface area contributed by atoms with Crippen molar-refractivity contribution in [3.8, 4) is 0 Å². The molecule has 0 amide bonds. The largest absolute Gasteiger partial charge is 0.476 e. The SMILES string of the molecule is CC(=O)OC[C@H]1O[C@@](OC(C)=O)(C(=O)O)C[C@@H](OC(C)=O)[C@H]1O. The van der Waals surface area contributed by atoms with Crippen molar-refractivity contribution in [3.05, 3.63) is 0 Å². The summed E-state index contributed by atoms with van der Waals surface area (Å²) in [6.45, 7) is 2.64. The highest BCUT2D eigenvalue weighted by Gasteiger charge is 2.56. The first-order chi connectivity index (χ1) is 10.6. The number of aliphatic hydroxyl groups is 1. The van der Waals surface area contributed by atoms with Crippen LogP contribution in [0, 0.1) is 0 Å². The van der Waals surface area contributed by atoms with E-state index in [0.717, 1.165) is 20.8 Å². The number of carbonyl (C=O) groups is 4. The Morgan fingerprint density at radius 1 is 1.13 bits per heavy atom. The van der Waals surface area contributed by atoms with Gasteiger partial charge in [-0.2, -0.15) is 0 Å². The second-order valence-electron chi connectivity index (χ2n) is 4.95. The van der Waals surface area contributed by atoms with Gasteiger partial charge in [0.2, 0.25) is 0 Å². The smallest absolute Gasteiger partial charge is 0.377 e. The van der Waals surface area contributed by atoms with E-state index < -0.39 is 61.0 Å². The normalized spacial score (nSPS) is 30.2. The van der Waals surface area contributed by atoms with Crippen LogP contribution in [0.1, 0.15) is 27.2 Å². The van der Waals surface area contributed by atoms with Gasteiger partial charge in [-0.1, -0.05) is 0 Å². The Balaban J connectivity index is 3.10. The molecule has 0 radical (unpaired) electrons. The number of ether oxygens (including phenoxy) is 4. The Morgan fingerprint density at radius 3 is 2.17 bits per heavy atom. The molecular weight excluding hydrogens is 316 g/mol. The summed E-state index contributed by atoms with van der Waals surface area (Å²) in [4.78, 5) is 44.7. The first-order valence-corrected chi connectivity index (χ1v) is 6.67. The molecule has 130 valence electrons. The van der Waals surface area contributed by atoms with E-state index in [0.29, 0.717) is 0 Å². The van der Waals surface area contributed by atoms with E-state index in [1.54, 1.807) is 0 Å². The first-order valence-electron chi connectivity index (χ1n) is 6.67. The first kappa shape index (κ1) is 18.8. The molecule has 1 fully saturated rings. The summed E-state index contributed by atoms with van der Waals surface area (Å²) < 4.78 is 19.4. The lowest BCUT2D eigenvalue weighted by Gasteiger charge is -2.42. The molecular formula is C13H18O10. The molecule has 0 saturated carbocycles. The number of rotatable bonds is 5. The molecule has 2 N–H and O–H groups in total. The molecule has 0 bridgehead atoms. The Hall–Kier alpha value is -2.20. The lowest BCUT2D eigenvalue weighted by molar-refractivity contribution is -0.305. The van der Waals surface area contributed by atoms with Crippen molar-refractivity contribution in [3.63, 3.8) is 0 Å². The van der Waals surface area contributed by atoms with Crippen LogP contribution in [0.3, 0.4) is 0 Å². The zero-order valence-electron chi connectivity index (χ0n) is 12.8. The van der Waals surface area contributed by atoms with Gasteiger partial charge in [0.1, 0.15) is 24.9 Å². The van der Waals surface area contributed by atoms with Gasteiger partial charge in [-0.05, 0) is 0 Å². The fraction of sp³-hybridized carbons (Fsp3) is 0.692. The van der Waals surface area contributed by atoms with E-state index in [1.807, 2.05) is 0 Å². The van der Waals surface area contributed by atoms with Gasteiger partial charge in [0.15, 0.2) is 0 Å². The van der Waals surface area contributed by atoms with Gasteiger partial charge in [-0.25, -0.2) is 4.79 Å². The Morgan fingerprint density at radius 2 is 1.74 bits per heavy atom. The molecule has 1 heterocycles. The molecule has 1 aliphatic rings. The predicted octanol–water partition coefficient (Wildman–Crippen LogP) is -1.02. The number of carbonyl (C=O) groups excluding carboxylic acids is 3. The van der Waals surface area contributed by atoms with E-state index in [1.165, 1.54) is 0 Å². The van der Waals surface area contributed by atoms with Crippen LogP contribution in [0.2, 0.25) is 0 Å². The minimum Gasteiger partial charge on any atom is -0.476 e. The maximum Gasteiger partial charge on any atom is 0.377 e. The molecule has 10 nitrogen and oxygen atoms in total. The zero-order chi connectivity index (χ0) is 17.8. The summed E-state index contributed by atoms with van der Waals surface area (Å²) in [6.07, 6.45) is -4.77. The molecule has 4 atom stereocenters. The van der Waals surface area contributed by atoms with E-state index in [-0.39, 0.29) is 0 Å². The third-order valence-corrected chi connectivity index (χ3v) is 2.98. The summed E-state index contributed by atoms with van der Waals surface area (Å²) in [6, 6.07) is 0. The van der Waals surface area contributed by atoms with Crippen molar-refractivity contribution >= 4 is 23.9 Å². The van der Waals surface area contributed by atoms with Gasteiger partial charge in [0.25, 0.3) is 0 Å². The number of esters is 3. The third kappa shape index (κ3) is 4.89. The molecule has 0 aromatic heterocycles. The number of aliphatic carboxylic acids is 1. The van der Waals surface area contributed by atoms with Gasteiger partial charge < -0.3 is 29.2 Å². The maximum absolute atomic E-state index is 11.5. The number of hydrogen-bond acceptors (Lipinski definition) is 9. The molecule has 1 rings (SSSR count). The van der Waals surface area contributed by atoms with Gasteiger partial charge >= 0.3 is 29.7 Å². The molecule has 0 unspecified atom stereocenters. The van der Waals surface area contributed by atoms with E-state index in [2.05, 4.69) is 4.74 Å². The van der Waals surface area contributed by atoms with Crippen LogP contribution in [0.25, 0.3) is 0 Å². The summed E-state index contributed by atoms with van der Waals surface area (Å²) in [7, 11) is 0. The molecule has 0 spiro atoms. The Bertz CT molecular complexity index is 501. The minimum atomic E-state index is -2.46. The molecule has 10 heteroatoms. The fourth-order valence-electron chi connectivity index (χ4n) is 2.12. The average Bonchev–Trinajstić information content (AvgIpc) is 2.39. The lowest BCUT2D eigenvalue weighted by Crippen LogP contribution is -2.61. The fourth-order valence-corrected chi connectivity index (χ4v) is 2.12. The zero-order valence-corrected chi connectivity index (χ0v) is 12.8. The van der Waals surface area contributed by atoms with Crippen LogP contribution in [0.5, 0.6) is 0 Å². The van der Waals surface area contributed by atoms with Crippen molar-refractivity contribution in [2.45, 2.75) is 51.3 Å². The van der Waals surface area contributed by atoms with Crippen LogP contribution in [-0.2, 0) is 38.1 Å². The second kappa shape index (κ2) is 7.38. The van der Waals surface area contributed by atoms with Crippen LogP contribution >= 0.6 is 0 Å². The average molecular weight is 334 g/mol. The highest BCUT2D eigenvalue weighted by Crippen LogP contribution is 2.33. The summed E-state index contributed by atoms with van der Waals surface area (Å²) >= 11 is 0. The molecule has 0 aromatic rings. The van der Waals surface area contributed by atoms with E-state index >= 15 is 0 Å². The maximum atomic E-state index is 11.5. The van der Waals surface area contributed by atoms with Gasteiger partial charge in [-0.15, -0.1) is 0 Å². The van der Waals surface area contributed by atoms with Crippen molar-refractivity contribution in [1.29, 1.82) is 0 Å². The van der Waals surface area contributed by atoms with Crippen LogP contribution in [0.4, 0.5) is 0 Å². The number of carboxylic acid groups (broad SMARTS) is 1. The second-order valence-corrected chi connectivity index (χ2v) is 4.95. The topological polar surface area (TPSA) is 146 Å². The predicted molar refractivity (Wildman–Crippen MR) is 69.8 cm³/mol. The van der Waals surface area contributed by atoms with Gasteiger partial charge in [-0.3, -0.25) is 14.4 Å². The van der Waals surface area contributed by atoms with E-state index in [4.69, 9.17) is 14.2 Å². The Kier molecular flexibility index (Phi) is 6.05. The van der Waals surface area contributed by atoms with Crippen LogP contribution in [-0.4, -0.2) is 64.8 Å². The van der Waals surface area contributed by atoms with Crippen molar-refractivity contribution in [1.82, 2.24) is 0 Å². The van der Waals surface area contributed by atoms with E-state index in [9.17, 15) is 29.4 Å². The molecule has 23 heavy (non-hydrogen) atoms. The number of hydrogen-bond donors (Lipinski definition) is 2. The molecule has 0 aromatic carbocycles. The van der Waals surface area contributed by atoms with Crippen LogP contribution < -0.4 is 0 Å². The van der Waals surface area contributed by atoms with Crippen molar-refractivity contribution in [2.75, 3.05) is 6.61 Å². The minimum absolute atomic E-state index is 0.509. The summed E-state index contributed by atoms with van der Waals surface area (Å²) in [5.41, 5.74) is 0. The molecule has 1 aliphatic heterocycles. The van der Waals surface area contributed by atoms with Crippen LogP contribution in [0.15, 0.2) is 0 Å². The lowest BCUT2D eigenvalue weighted by atomic mass is 9.95. The highest BCUT2D eigenvalue weighted by molar-refractivity contribution is 5.80. The summed E-state index contributed by atoms with van der Waals surface area (Å²) in [5.74, 6) is -6.52. The van der Waals surface area contributed by atoms with Crippen molar-refractivity contribution < 1.29 is 48.3 Å². The number of carboxylic acids is 1. The quantitative estimate of drug-likeness (QED) is 0.473. The monoisotopic (exact) mass is 334 g/mol. The number of aliphatic hydroxyl groups excluding tert-OH is 1. The summed E-state index contributed by atoms with van der Waals surface area (Å²) in [5, 5.41) is 19.5. The Labute approximate surface area is 131 Å². The third-order valence-electron chi connectivity index (χ3n) is 2.98. The standard InChI is InChI=1S/C13H18O10/c1-6(14)20-5-10-11(17)9(21-7(2)15)4-13(23-10,12(18)19)22-8(3)16/h9-11,17H,4-5H2,1-3H3,(H,18,19)/t9-,10-,11-,13-/m1/s1. The molecule has 1 saturated heterocycles.